The lowest BCUT2D eigenvalue weighted by atomic mass is 9.58. The summed E-state index contributed by atoms with van der Waals surface area (Å²) in [5, 5.41) is 10.2. The lowest BCUT2D eigenvalue weighted by molar-refractivity contribution is -0.207. The average Bonchev–Trinajstić information content (AvgIpc) is 2.55. The third-order valence-electron chi connectivity index (χ3n) is 5.00. The van der Waals surface area contributed by atoms with Crippen molar-refractivity contribution >= 4 is 5.91 Å². The number of carbonyl (C=O) groups excluding carboxylic acids is 1. The topological polar surface area (TPSA) is 62.7 Å². The SMILES string of the molecule is CCO[C@H]1C[C@@H](O)C12CCN(C(=O)c1cccnc1)CC2. The smallest absolute Gasteiger partial charge is 0.255 e. The van der Waals surface area contributed by atoms with Crippen molar-refractivity contribution in [2.75, 3.05) is 19.7 Å². The summed E-state index contributed by atoms with van der Waals surface area (Å²) in [6.45, 7) is 4.01. The Morgan fingerprint density at radius 2 is 2.29 bits per heavy atom. The Labute approximate surface area is 124 Å². The molecule has 2 atom stereocenters. The van der Waals surface area contributed by atoms with Gasteiger partial charge in [-0.25, -0.2) is 0 Å². The molecular weight excluding hydrogens is 268 g/mol. The Morgan fingerprint density at radius 3 is 2.86 bits per heavy atom. The lowest BCUT2D eigenvalue weighted by Gasteiger charge is -2.56. The minimum absolute atomic E-state index is 0.0275. The Bertz CT molecular complexity index is 496. The van der Waals surface area contributed by atoms with Crippen LogP contribution in [0.1, 0.15) is 36.5 Å². The maximum absolute atomic E-state index is 12.4. The number of hydrogen-bond acceptors (Lipinski definition) is 4. The van der Waals surface area contributed by atoms with Crippen molar-refractivity contribution in [1.29, 1.82) is 0 Å². The standard InChI is InChI=1S/C16H22N2O3/c1-2-21-14-10-13(19)16(14)5-8-18(9-6-16)15(20)12-4-3-7-17-11-12/h3-4,7,11,13-14,19H,2,5-6,8-10H2,1H3/t13-,14+/m1/s1. The van der Waals surface area contributed by atoms with E-state index in [1.165, 1.54) is 0 Å². The Kier molecular flexibility index (Phi) is 3.95. The van der Waals surface area contributed by atoms with Crippen LogP contribution < -0.4 is 0 Å². The first kappa shape index (κ1) is 14.5. The highest BCUT2D eigenvalue weighted by Gasteiger charge is 2.56. The van der Waals surface area contributed by atoms with Gasteiger partial charge < -0.3 is 14.7 Å². The van der Waals surface area contributed by atoms with Gasteiger partial charge >= 0.3 is 0 Å². The van der Waals surface area contributed by atoms with E-state index in [-0.39, 0.29) is 23.5 Å². The molecule has 5 heteroatoms. The number of piperidine rings is 1. The molecule has 0 bridgehead atoms. The number of nitrogens with zero attached hydrogens (tertiary/aromatic N) is 2. The summed E-state index contributed by atoms with van der Waals surface area (Å²) in [6.07, 6.45) is 5.48. The van der Waals surface area contributed by atoms with E-state index in [0.717, 1.165) is 19.3 Å². The van der Waals surface area contributed by atoms with Gasteiger partial charge in [0.2, 0.25) is 0 Å². The van der Waals surface area contributed by atoms with E-state index >= 15 is 0 Å². The number of aliphatic hydroxyl groups is 1. The van der Waals surface area contributed by atoms with Crippen LogP contribution in [0.25, 0.3) is 0 Å². The molecule has 1 aromatic heterocycles. The normalized spacial score (nSPS) is 27.4. The molecule has 1 amide bonds. The number of pyridine rings is 1. The molecule has 0 unspecified atom stereocenters. The molecule has 1 saturated heterocycles. The predicted molar refractivity (Wildman–Crippen MR) is 77.8 cm³/mol. The maximum atomic E-state index is 12.4. The second-order valence-corrected chi connectivity index (χ2v) is 5.96. The van der Waals surface area contributed by atoms with E-state index < -0.39 is 0 Å². The van der Waals surface area contributed by atoms with Crippen LogP contribution in [0, 0.1) is 5.41 Å². The zero-order valence-corrected chi connectivity index (χ0v) is 12.4. The number of hydrogen-bond donors (Lipinski definition) is 1. The molecule has 1 aliphatic carbocycles. The van der Waals surface area contributed by atoms with Crippen LogP contribution in [-0.4, -0.2) is 52.8 Å². The van der Waals surface area contributed by atoms with Crippen molar-refractivity contribution in [2.45, 2.75) is 38.4 Å². The second kappa shape index (κ2) is 5.73. The molecule has 3 rings (SSSR count). The van der Waals surface area contributed by atoms with Crippen LogP contribution >= 0.6 is 0 Å². The van der Waals surface area contributed by atoms with Gasteiger partial charge in [0.05, 0.1) is 17.8 Å². The molecule has 0 aromatic carbocycles. The summed E-state index contributed by atoms with van der Waals surface area (Å²) in [5.74, 6) is 0.0275. The van der Waals surface area contributed by atoms with Crippen molar-refractivity contribution in [3.8, 4) is 0 Å². The molecule has 114 valence electrons. The highest BCUT2D eigenvalue weighted by molar-refractivity contribution is 5.93. The third kappa shape index (κ3) is 2.45. The van der Waals surface area contributed by atoms with Gasteiger partial charge in [0.25, 0.3) is 5.91 Å². The zero-order valence-electron chi connectivity index (χ0n) is 12.4. The summed E-state index contributed by atoms with van der Waals surface area (Å²) < 4.78 is 5.75. The van der Waals surface area contributed by atoms with Crippen LogP contribution in [0.5, 0.6) is 0 Å². The average molecular weight is 290 g/mol. The highest BCUT2D eigenvalue weighted by atomic mass is 16.5. The van der Waals surface area contributed by atoms with Crippen LogP contribution in [0.2, 0.25) is 0 Å². The number of aromatic nitrogens is 1. The van der Waals surface area contributed by atoms with Crippen LogP contribution in [0.3, 0.4) is 0 Å². The largest absolute Gasteiger partial charge is 0.392 e. The van der Waals surface area contributed by atoms with Crippen molar-refractivity contribution < 1.29 is 14.6 Å². The van der Waals surface area contributed by atoms with Crippen molar-refractivity contribution in [1.82, 2.24) is 9.88 Å². The number of likely N-dealkylation sites (tertiary alicyclic amines) is 1. The number of amides is 1. The van der Waals surface area contributed by atoms with Crippen LogP contribution in [-0.2, 0) is 4.74 Å². The molecular formula is C16H22N2O3. The summed E-state index contributed by atoms with van der Waals surface area (Å²) in [4.78, 5) is 18.3. The van der Waals surface area contributed by atoms with E-state index in [0.29, 0.717) is 25.3 Å². The number of aliphatic hydroxyl groups excluding tert-OH is 1. The maximum Gasteiger partial charge on any atom is 0.255 e. The molecule has 2 aliphatic rings. The highest BCUT2D eigenvalue weighted by Crippen LogP contribution is 2.51. The Balaban J connectivity index is 1.64. The first-order valence-electron chi connectivity index (χ1n) is 7.66. The van der Waals surface area contributed by atoms with E-state index in [1.54, 1.807) is 24.5 Å². The van der Waals surface area contributed by atoms with E-state index in [2.05, 4.69) is 4.98 Å². The monoisotopic (exact) mass is 290 g/mol. The van der Waals surface area contributed by atoms with Gasteiger partial charge in [0.1, 0.15) is 0 Å². The molecule has 2 heterocycles. The van der Waals surface area contributed by atoms with Crippen molar-refractivity contribution in [2.24, 2.45) is 5.41 Å². The fraction of sp³-hybridized carbons (Fsp3) is 0.625. The second-order valence-electron chi connectivity index (χ2n) is 5.96. The van der Waals surface area contributed by atoms with Crippen LogP contribution in [0.4, 0.5) is 0 Å². The van der Waals surface area contributed by atoms with Crippen molar-refractivity contribution in [3.63, 3.8) is 0 Å². The molecule has 5 nitrogen and oxygen atoms in total. The molecule has 1 aromatic rings. The van der Waals surface area contributed by atoms with E-state index in [4.69, 9.17) is 4.74 Å². The van der Waals surface area contributed by atoms with Gasteiger partial charge in [-0.3, -0.25) is 9.78 Å². The Hall–Kier alpha value is -1.46. The number of rotatable bonds is 3. The molecule has 1 N–H and O–H groups in total. The molecule has 21 heavy (non-hydrogen) atoms. The molecule has 2 fully saturated rings. The first-order valence-corrected chi connectivity index (χ1v) is 7.66. The molecule has 1 saturated carbocycles. The molecule has 1 spiro atoms. The van der Waals surface area contributed by atoms with Crippen molar-refractivity contribution in [3.05, 3.63) is 30.1 Å². The van der Waals surface area contributed by atoms with E-state index in [1.807, 2.05) is 11.8 Å². The minimum atomic E-state index is -0.287. The quantitative estimate of drug-likeness (QED) is 0.916. The predicted octanol–water partition coefficient (Wildman–Crippen LogP) is 1.47. The van der Waals surface area contributed by atoms with Gasteiger partial charge in [-0.1, -0.05) is 0 Å². The Morgan fingerprint density at radius 1 is 1.52 bits per heavy atom. The molecule has 1 aliphatic heterocycles. The van der Waals surface area contributed by atoms with Gasteiger partial charge in [-0.2, -0.15) is 0 Å². The third-order valence-corrected chi connectivity index (χ3v) is 5.00. The van der Waals surface area contributed by atoms with Gasteiger partial charge in [-0.15, -0.1) is 0 Å². The lowest BCUT2D eigenvalue weighted by Crippen LogP contribution is -2.62. The van der Waals surface area contributed by atoms with Gasteiger partial charge in [-0.05, 0) is 31.9 Å². The zero-order chi connectivity index (χ0) is 14.9. The van der Waals surface area contributed by atoms with E-state index in [9.17, 15) is 9.90 Å². The number of carbonyl (C=O) groups is 1. The fourth-order valence-electron chi connectivity index (χ4n) is 3.61. The van der Waals surface area contributed by atoms with Gasteiger partial charge in [0.15, 0.2) is 0 Å². The summed E-state index contributed by atoms with van der Waals surface area (Å²) in [6, 6.07) is 3.57. The summed E-state index contributed by atoms with van der Waals surface area (Å²) >= 11 is 0. The van der Waals surface area contributed by atoms with Crippen LogP contribution in [0.15, 0.2) is 24.5 Å². The fourth-order valence-corrected chi connectivity index (χ4v) is 3.61. The minimum Gasteiger partial charge on any atom is -0.392 e. The summed E-state index contributed by atoms with van der Waals surface area (Å²) in [5.41, 5.74) is 0.491. The van der Waals surface area contributed by atoms with Gasteiger partial charge in [0, 0.05) is 43.9 Å². The first-order chi connectivity index (χ1) is 10.2. The number of ether oxygens (including phenoxy) is 1. The summed E-state index contributed by atoms with van der Waals surface area (Å²) in [7, 11) is 0. The molecule has 0 radical (unpaired) electrons.